The first-order valence-electron chi connectivity index (χ1n) is 7.22. The predicted molar refractivity (Wildman–Crippen MR) is 92.9 cm³/mol. The first kappa shape index (κ1) is 15.3. The maximum atomic E-state index is 7.21. The van der Waals surface area contributed by atoms with Crippen LogP contribution in [0.2, 0.25) is 5.02 Å². The first-order valence-corrected chi connectivity index (χ1v) is 7.59. The van der Waals surface area contributed by atoms with Gasteiger partial charge in [-0.05, 0) is 42.8 Å². The summed E-state index contributed by atoms with van der Waals surface area (Å²) in [6.07, 6.45) is 5.19. The molecule has 1 N–H and O–H groups in total. The predicted octanol–water partition coefficient (Wildman–Crippen LogP) is 4.36. The Morgan fingerprint density at radius 2 is 1.96 bits per heavy atom. The molecule has 0 saturated carbocycles. The summed E-state index contributed by atoms with van der Waals surface area (Å²) in [5.74, 6) is 0.620. The van der Waals surface area contributed by atoms with Gasteiger partial charge in [-0.15, -0.1) is 0 Å². The number of nitrogens with zero attached hydrogens (tertiary/aromatic N) is 3. The molecule has 0 radical (unpaired) electrons. The molecule has 23 heavy (non-hydrogen) atoms. The van der Waals surface area contributed by atoms with Crippen LogP contribution in [0, 0.1) is 12.3 Å². The molecule has 0 atom stereocenters. The van der Waals surface area contributed by atoms with Crippen molar-refractivity contribution in [1.82, 2.24) is 15.0 Å². The molecule has 0 unspecified atom stereocenters. The molecule has 0 bridgehead atoms. The number of benzene rings is 1. The number of aryl methyl sites for hydroxylation is 1. The summed E-state index contributed by atoms with van der Waals surface area (Å²) in [4.78, 5) is 13.3. The van der Waals surface area contributed by atoms with Crippen LogP contribution in [0.25, 0.3) is 22.5 Å². The number of nitrogens with one attached hydrogen (secondary N) is 1. The molecule has 0 aliphatic heterocycles. The lowest BCUT2D eigenvalue weighted by Crippen LogP contribution is -1.98. The number of hydrogen-bond donors (Lipinski definition) is 1. The van der Waals surface area contributed by atoms with Crippen LogP contribution in [-0.2, 0) is 6.42 Å². The molecule has 0 saturated heterocycles. The van der Waals surface area contributed by atoms with E-state index < -0.39 is 0 Å². The van der Waals surface area contributed by atoms with Crippen molar-refractivity contribution >= 4 is 17.8 Å². The van der Waals surface area contributed by atoms with Gasteiger partial charge in [0, 0.05) is 41.2 Å². The molecule has 3 aromatic rings. The number of rotatable bonds is 4. The second-order valence-corrected chi connectivity index (χ2v) is 5.56. The summed E-state index contributed by atoms with van der Waals surface area (Å²) < 4.78 is 0. The Morgan fingerprint density at radius 1 is 1.09 bits per heavy atom. The quantitative estimate of drug-likeness (QED) is 0.726. The Labute approximate surface area is 139 Å². The van der Waals surface area contributed by atoms with E-state index >= 15 is 0 Å². The zero-order valence-corrected chi connectivity index (χ0v) is 13.4. The highest BCUT2D eigenvalue weighted by atomic mass is 35.5. The lowest BCUT2D eigenvalue weighted by molar-refractivity contribution is 1.02. The van der Waals surface area contributed by atoms with Crippen LogP contribution in [-0.4, -0.2) is 21.2 Å². The second kappa shape index (κ2) is 6.67. The summed E-state index contributed by atoms with van der Waals surface area (Å²) in [5, 5.41) is 7.89. The van der Waals surface area contributed by atoms with Crippen molar-refractivity contribution in [3.63, 3.8) is 0 Å². The van der Waals surface area contributed by atoms with Gasteiger partial charge in [0.2, 0.25) is 0 Å². The molecule has 3 rings (SSSR count). The number of halogens is 1. The Hall–Kier alpha value is -2.59. The maximum absolute atomic E-state index is 7.21. The van der Waals surface area contributed by atoms with E-state index in [2.05, 4.69) is 15.0 Å². The van der Waals surface area contributed by atoms with Gasteiger partial charge in [0.05, 0.1) is 11.4 Å². The largest absolute Gasteiger partial charge is 0.313 e. The van der Waals surface area contributed by atoms with Gasteiger partial charge in [0.15, 0.2) is 0 Å². The van der Waals surface area contributed by atoms with Crippen molar-refractivity contribution in [2.45, 2.75) is 13.3 Å². The fourth-order valence-electron chi connectivity index (χ4n) is 2.41. The lowest BCUT2D eigenvalue weighted by Gasteiger charge is -2.11. The fraction of sp³-hybridized carbons (Fsp3) is 0.111. The smallest absolute Gasteiger partial charge is 0.134 e. The highest BCUT2D eigenvalue weighted by Crippen LogP contribution is 2.32. The van der Waals surface area contributed by atoms with Gasteiger partial charge in [-0.3, -0.25) is 4.98 Å². The molecule has 1 aromatic carbocycles. The molecule has 0 fully saturated rings. The highest BCUT2D eigenvalue weighted by Gasteiger charge is 2.12. The van der Waals surface area contributed by atoms with E-state index in [1.165, 1.54) is 6.21 Å². The minimum atomic E-state index is 0.416. The molecule has 2 heterocycles. The summed E-state index contributed by atoms with van der Waals surface area (Å²) in [7, 11) is 0. The van der Waals surface area contributed by atoms with Crippen LogP contribution in [0.15, 0.2) is 48.8 Å². The van der Waals surface area contributed by atoms with E-state index in [1.54, 1.807) is 12.4 Å². The van der Waals surface area contributed by atoms with Crippen LogP contribution in [0.3, 0.4) is 0 Å². The minimum Gasteiger partial charge on any atom is -0.313 e. The second-order valence-electron chi connectivity index (χ2n) is 5.13. The standard InChI is InChI=1S/C18H15ClN4/c1-12-4-5-13(19)11-15(12)18-14(3-2-9-22-18)16-7-10-21-17(23-16)6-8-20/h2-5,7-11,20H,6H2,1H3. The van der Waals surface area contributed by atoms with Crippen molar-refractivity contribution in [3.8, 4) is 22.5 Å². The average Bonchev–Trinajstić information content (AvgIpc) is 2.58. The molecule has 0 aliphatic rings. The Balaban J connectivity index is 2.17. The van der Waals surface area contributed by atoms with Crippen molar-refractivity contribution in [1.29, 1.82) is 5.41 Å². The fourth-order valence-corrected chi connectivity index (χ4v) is 2.59. The van der Waals surface area contributed by atoms with Gasteiger partial charge < -0.3 is 5.41 Å². The number of aromatic nitrogens is 3. The van der Waals surface area contributed by atoms with Crippen LogP contribution in [0.5, 0.6) is 0 Å². The Morgan fingerprint density at radius 3 is 2.78 bits per heavy atom. The third-order valence-corrected chi connectivity index (χ3v) is 3.76. The minimum absolute atomic E-state index is 0.416. The van der Waals surface area contributed by atoms with Gasteiger partial charge >= 0.3 is 0 Å². The third kappa shape index (κ3) is 3.27. The third-order valence-electron chi connectivity index (χ3n) is 3.53. The molecular formula is C18H15ClN4. The van der Waals surface area contributed by atoms with Gasteiger partial charge in [-0.2, -0.15) is 0 Å². The van der Waals surface area contributed by atoms with E-state index in [1.807, 2.05) is 43.3 Å². The van der Waals surface area contributed by atoms with Gasteiger partial charge in [0.1, 0.15) is 5.82 Å². The Bertz CT molecular complexity index is 861. The van der Waals surface area contributed by atoms with Gasteiger partial charge in [-0.1, -0.05) is 17.7 Å². The maximum Gasteiger partial charge on any atom is 0.134 e. The highest BCUT2D eigenvalue weighted by molar-refractivity contribution is 6.30. The van der Waals surface area contributed by atoms with E-state index in [0.717, 1.165) is 28.1 Å². The summed E-state index contributed by atoms with van der Waals surface area (Å²) >= 11 is 6.15. The Kier molecular flexibility index (Phi) is 4.44. The van der Waals surface area contributed by atoms with Gasteiger partial charge in [0.25, 0.3) is 0 Å². The normalized spacial score (nSPS) is 10.5. The molecule has 0 aliphatic carbocycles. The summed E-state index contributed by atoms with van der Waals surface area (Å²) in [6.45, 7) is 2.03. The molecular weight excluding hydrogens is 308 g/mol. The zero-order valence-electron chi connectivity index (χ0n) is 12.6. The van der Waals surface area contributed by atoms with E-state index in [9.17, 15) is 0 Å². The molecule has 114 valence electrons. The van der Waals surface area contributed by atoms with E-state index in [-0.39, 0.29) is 0 Å². The van der Waals surface area contributed by atoms with E-state index in [4.69, 9.17) is 17.0 Å². The molecule has 5 heteroatoms. The van der Waals surface area contributed by atoms with Crippen molar-refractivity contribution in [3.05, 3.63) is 65.2 Å². The van der Waals surface area contributed by atoms with Crippen LogP contribution >= 0.6 is 11.6 Å². The van der Waals surface area contributed by atoms with Crippen LogP contribution < -0.4 is 0 Å². The monoisotopic (exact) mass is 322 g/mol. The topological polar surface area (TPSA) is 62.5 Å². The summed E-state index contributed by atoms with van der Waals surface area (Å²) in [6, 6.07) is 11.5. The van der Waals surface area contributed by atoms with Crippen molar-refractivity contribution in [2.24, 2.45) is 0 Å². The van der Waals surface area contributed by atoms with Crippen molar-refractivity contribution < 1.29 is 0 Å². The molecule has 0 spiro atoms. The molecule has 0 amide bonds. The zero-order chi connectivity index (χ0) is 16.2. The van der Waals surface area contributed by atoms with Gasteiger partial charge in [-0.25, -0.2) is 9.97 Å². The molecule has 4 nitrogen and oxygen atoms in total. The van der Waals surface area contributed by atoms with E-state index in [0.29, 0.717) is 17.3 Å². The van der Waals surface area contributed by atoms with Crippen molar-refractivity contribution in [2.75, 3.05) is 0 Å². The number of pyridine rings is 1. The number of hydrogen-bond acceptors (Lipinski definition) is 4. The lowest BCUT2D eigenvalue weighted by atomic mass is 9.99. The average molecular weight is 323 g/mol. The first-order chi connectivity index (χ1) is 11.2. The SMILES string of the molecule is Cc1ccc(Cl)cc1-c1ncccc1-c1ccnc(CC=N)n1. The summed E-state index contributed by atoms with van der Waals surface area (Å²) in [5.41, 5.74) is 4.64. The molecule has 2 aromatic heterocycles. The van der Waals surface area contributed by atoms with Crippen LogP contribution in [0.1, 0.15) is 11.4 Å². The van der Waals surface area contributed by atoms with Crippen LogP contribution in [0.4, 0.5) is 0 Å².